The standard InChI is InChI=1S/C9H8ClN3O/c10-7-5-6(1-2-8(7)12)13-9(14)3-4-11/h1-2,5H,3,12H2,(H,13,14). The van der Waals surface area contributed by atoms with E-state index in [4.69, 9.17) is 22.6 Å². The number of carbonyl (C=O) groups excluding carboxylic acids is 1. The number of anilines is 2. The van der Waals surface area contributed by atoms with E-state index >= 15 is 0 Å². The highest BCUT2D eigenvalue weighted by Gasteiger charge is 2.02. The molecule has 0 aliphatic carbocycles. The third-order valence-electron chi connectivity index (χ3n) is 1.52. The van der Waals surface area contributed by atoms with Crippen LogP contribution in [0.5, 0.6) is 0 Å². The largest absolute Gasteiger partial charge is 0.398 e. The summed E-state index contributed by atoms with van der Waals surface area (Å²) in [6.45, 7) is 0. The Morgan fingerprint density at radius 2 is 2.36 bits per heavy atom. The number of nitrogens with two attached hydrogens (primary N) is 1. The highest BCUT2D eigenvalue weighted by atomic mass is 35.5. The number of benzene rings is 1. The smallest absolute Gasteiger partial charge is 0.238 e. The fourth-order valence-corrected chi connectivity index (χ4v) is 1.06. The first-order valence-corrected chi connectivity index (χ1v) is 4.23. The maximum atomic E-state index is 11.0. The lowest BCUT2D eigenvalue weighted by Gasteiger charge is -2.04. The molecule has 1 rings (SSSR count). The Bertz CT molecular complexity index is 398. The molecule has 1 aromatic carbocycles. The van der Waals surface area contributed by atoms with Crippen molar-refractivity contribution in [2.75, 3.05) is 11.1 Å². The Hall–Kier alpha value is -1.73. The molecule has 5 heteroatoms. The van der Waals surface area contributed by atoms with Crippen LogP contribution in [0.2, 0.25) is 5.02 Å². The van der Waals surface area contributed by atoms with Crippen LogP contribution >= 0.6 is 11.6 Å². The van der Waals surface area contributed by atoms with Gasteiger partial charge in [-0.2, -0.15) is 5.26 Å². The van der Waals surface area contributed by atoms with Crippen molar-refractivity contribution in [1.29, 1.82) is 5.26 Å². The van der Waals surface area contributed by atoms with E-state index < -0.39 is 0 Å². The van der Waals surface area contributed by atoms with Crippen LogP contribution in [0.15, 0.2) is 18.2 Å². The molecule has 0 aromatic heterocycles. The van der Waals surface area contributed by atoms with E-state index in [2.05, 4.69) is 5.32 Å². The molecule has 0 saturated heterocycles. The average Bonchev–Trinajstić information content (AvgIpc) is 2.12. The number of rotatable bonds is 2. The van der Waals surface area contributed by atoms with Crippen molar-refractivity contribution >= 4 is 28.9 Å². The molecule has 14 heavy (non-hydrogen) atoms. The SMILES string of the molecule is N#CCC(=O)Nc1ccc(N)c(Cl)c1. The minimum atomic E-state index is -0.367. The van der Waals surface area contributed by atoms with Crippen molar-refractivity contribution in [3.8, 4) is 6.07 Å². The molecule has 0 heterocycles. The van der Waals surface area contributed by atoms with Gasteiger partial charge in [-0.25, -0.2) is 0 Å². The van der Waals surface area contributed by atoms with Gasteiger partial charge in [0, 0.05) is 5.69 Å². The molecule has 0 aliphatic rings. The minimum absolute atomic E-state index is 0.179. The Kier molecular flexibility index (Phi) is 3.32. The zero-order valence-corrected chi connectivity index (χ0v) is 8.01. The summed E-state index contributed by atoms with van der Waals surface area (Å²) in [5.41, 5.74) is 6.46. The maximum Gasteiger partial charge on any atom is 0.238 e. The van der Waals surface area contributed by atoms with Gasteiger partial charge < -0.3 is 11.1 Å². The van der Waals surface area contributed by atoms with Crippen molar-refractivity contribution in [2.45, 2.75) is 6.42 Å². The second kappa shape index (κ2) is 4.49. The van der Waals surface area contributed by atoms with Gasteiger partial charge in [0.1, 0.15) is 6.42 Å². The van der Waals surface area contributed by atoms with E-state index in [9.17, 15) is 4.79 Å². The van der Waals surface area contributed by atoms with Crippen LogP contribution in [0.1, 0.15) is 6.42 Å². The monoisotopic (exact) mass is 209 g/mol. The number of nitrogens with one attached hydrogen (secondary N) is 1. The van der Waals surface area contributed by atoms with E-state index in [0.29, 0.717) is 16.4 Å². The van der Waals surface area contributed by atoms with Gasteiger partial charge in [-0.1, -0.05) is 11.6 Å². The topological polar surface area (TPSA) is 78.9 Å². The number of nitrogens with zero attached hydrogens (tertiary/aromatic N) is 1. The number of halogens is 1. The number of nitrogen functional groups attached to an aromatic ring is 1. The fraction of sp³-hybridized carbons (Fsp3) is 0.111. The average molecular weight is 210 g/mol. The molecule has 1 amide bonds. The van der Waals surface area contributed by atoms with Gasteiger partial charge in [-0.05, 0) is 18.2 Å². The zero-order chi connectivity index (χ0) is 10.6. The van der Waals surface area contributed by atoms with E-state index in [1.165, 1.54) is 6.07 Å². The second-order valence-electron chi connectivity index (χ2n) is 2.62. The summed E-state index contributed by atoms with van der Waals surface area (Å²) in [6, 6.07) is 6.49. The quantitative estimate of drug-likeness (QED) is 0.729. The van der Waals surface area contributed by atoms with Gasteiger partial charge in [-0.3, -0.25) is 4.79 Å². The van der Waals surface area contributed by atoms with Crippen molar-refractivity contribution in [1.82, 2.24) is 0 Å². The molecule has 0 fully saturated rings. The molecule has 0 saturated carbocycles. The Morgan fingerprint density at radius 1 is 1.64 bits per heavy atom. The molecular formula is C9H8ClN3O. The van der Waals surface area contributed by atoms with Crippen molar-refractivity contribution in [3.05, 3.63) is 23.2 Å². The Balaban J connectivity index is 2.74. The van der Waals surface area contributed by atoms with Crippen molar-refractivity contribution in [3.63, 3.8) is 0 Å². The molecular weight excluding hydrogens is 202 g/mol. The summed E-state index contributed by atoms with van der Waals surface area (Å²) < 4.78 is 0. The van der Waals surface area contributed by atoms with E-state index in [0.717, 1.165) is 0 Å². The Morgan fingerprint density at radius 3 is 2.93 bits per heavy atom. The Labute approximate surface area is 86.3 Å². The first kappa shape index (κ1) is 10.4. The highest BCUT2D eigenvalue weighted by molar-refractivity contribution is 6.33. The van der Waals surface area contributed by atoms with Gasteiger partial charge in [-0.15, -0.1) is 0 Å². The third-order valence-corrected chi connectivity index (χ3v) is 1.85. The molecule has 0 atom stereocenters. The predicted octanol–water partition coefficient (Wildman–Crippen LogP) is 1.77. The summed E-state index contributed by atoms with van der Waals surface area (Å²) in [6.07, 6.45) is -0.179. The van der Waals surface area contributed by atoms with Crippen LogP contribution < -0.4 is 11.1 Å². The minimum Gasteiger partial charge on any atom is -0.398 e. The molecule has 72 valence electrons. The first-order chi connectivity index (χ1) is 6.63. The normalized spacial score (nSPS) is 9.14. The van der Waals surface area contributed by atoms with Gasteiger partial charge >= 0.3 is 0 Å². The second-order valence-corrected chi connectivity index (χ2v) is 3.03. The van der Waals surface area contributed by atoms with E-state index in [1.54, 1.807) is 18.2 Å². The molecule has 0 unspecified atom stereocenters. The van der Waals surface area contributed by atoms with E-state index in [-0.39, 0.29) is 12.3 Å². The lowest BCUT2D eigenvalue weighted by Crippen LogP contribution is -2.10. The molecule has 0 spiro atoms. The lowest BCUT2D eigenvalue weighted by atomic mass is 10.3. The lowest BCUT2D eigenvalue weighted by molar-refractivity contribution is -0.115. The van der Waals surface area contributed by atoms with Crippen LogP contribution in [-0.2, 0) is 4.79 Å². The van der Waals surface area contributed by atoms with Crippen LogP contribution in [0, 0.1) is 11.3 Å². The van der Waals surface area contributed by atoms with E-state index in [1.807, 2.05) is 0 Å². The summed E-state index contributed by atoms with van der Waals surface area (Å²) in [4.78, 5) is 11.0. The molecule has 0 radical (unpaired) electrons. The van der Waals surface area contributed by atoms with Crippen molar-refractivity contribution < 1.29 is 4.79 Å². The van der Waals surface area contributed by atoms with Gasteiger partial charge in [0.2, 0.25) is 5.91 Å². The number of nitriles is 1. The molecule has 0 aliphatic heterocycles. The zero-order valence-electron chi connectivity index (χ0n) is 7.25. The molecule has 3 N–H and O–H groups in total. The first-order valence-electron chi connectivity index (χ1n) is 3.85. The van der Waals surface area contributed by atoms with Crippen LogP contribution in [0.25, 0.3) is 0 Å². The van der Waals surface area contributed by atoms with Gasteiger partial charge in [0.05, 0.1) is 16.8 Å². The third kappa shape index (κ3) is 2.64. The summed E-state index contributed by atoms with van der Waals surface area (Å²) in [5.74, 6) is -0.367. The van der Waals surface area contributed by atoms with Crippen LogP contribution in [0.4, 0.5) is 11.4 Å². The number of amides is 1. The summed E-state index contributed by atoms with van der Waals surface area (Å²) in [5, 5.41) is 11.1. The van der Waals surface area contributed by atoms with Crippen LogP contribution in [0.3, 0.4) is 0 Å². The number of hydrogen-bond acceptors (Lipinski definition) is 3. The van der Waals surface area contributed by atoms with Gasteiger partial charge in [0.15, 0.2) is 0 Å². The summed E-state index contributed by atoms with van der Waals surface area (Å²) in [7, 11) is 0. The van der Waals surface area contributed by atoms with Gasteiger partial charge in [0.25, 0.3) is 0 Å². The summed E-state index contributed by atoms with van der Waals surface area (Å²) >= 11 is 5.73. The molecule has 4 nitrogen and oxygen atoms in total. The highest BCUT2D eigenvalue weighted by Crippen LogP contribution is 2.22. The number of hydrogen-bond donors (Lipinski definition) is 2. The van der Waals surface area contributed by atoms with Crippen LogP contribution in [-0.4, -0.2) is 5.91 Å². The number of carbonyl (C=O) groups is 1. The predicted molar refractivity (Wildman–Crippen MR) is 54.7 cm³/mol. The maximum absolute atomic E-state index is 11.0. The van der Waals surface area contributed by atoms with Crippen molar-refractivity contribution in [2.24, 2.45) is 0 Å². The molecule has 1 aromatic rings. The fourth-order valence-electron chi connectivity index (χ4n) is 0.882. The molecule has 0 bridgehead atoms.